The van der Waals surface area contributed by atoms with Crippen LogP contribution in [0.5, 0.6) is 0 Å². The van der Waals surface area contributed by atoms with Crippen molar-refractivity contribution >= 4 is 22.6 Å². The lowest BCUT2D eigenvalue weighted by Crippen LogP contribution is -2.28. The van der Waals surface area contributed by atoms with Crippen molar-refractivity contribution in [3.05, 3.63) is 36.3 Å². The van der Waals surface area contributed by atoms with Crippen LogP contribution in [0.15, 0.2) is 30.5 Å². The van der Waals surface area contributed by atoms with Crippen molar-refractivity contribution in [2.24, 2.45) is 5.73 Å². The highest BCUT2D eigenvalue weighted by molar-refractivity contribution is 6.04. The Kier molecular flexibility index (Phi) is 2.82. The Bertz CT molecular complexity index is 581. The predicted octanol–water partition coefficient (Wildman–Crippen LogP) is 0.788. The smallest absolute Gasteiger partial charge is 0.235 e. The molecule has 0 radical (unpaired) electrons. The maximum absolute atomic E-state index is 11.3. The molecule has 0 spiro atoms. The number of aromatic nitrogens is 2. The Morgan fingerprint density at radius 2 is 2.00 bits per heavy atom. The highest BCUT2D eigenvalue weighted by Crippen LogP contribution is 2.16. The van der Waals surface area contributed by atoms with E-state index in [4.69, 9.17) is 5.73 Å². The van der Waals surface area contributed by atoms with Gasteiger partial charge in [-0.1, -0.05) is 18.2 Å². The molecule has 0 bridgehead atoms. The Balaban J connectivity index is 2.55. The van der Waals surface area contributed by atoms with Gasteiger partial charge in [-0.05, 0) is 13.0 Å². The van der Waals surface area contributed by atoms with Crippen molar-refractivity contribution < 1.29 is 9.59 Å². The molecule has 1 unspecified atom stereocenters. The van der Waals surface area contributed by atoms with Gasteiger partial charge in [-0.15, -0.1) is 0 Å². The molecule has 1 aromatic carbocycles. The largest absolute Gasteiger partial charge is 0.369 e. The molecule has 5 nitrogen and oxygen atoms in total. The lowest BCUT2D eigenvalue weighted by atomic mass is 10.0. The number of hydrogen-bond donors (Lipinski definition) is 1. The zero-order valence-corrected chi connectivity index (χ0v) is 9.25. The molecule has 1 aromatic heterocycles. The van der Waals surface area contributed by atoms with Crippen LogP contribution in [0.2, 0.25) is 0 Å². The van der Waals surface area contributed by atoms with E-state index in [-0.39, 0.29) is 11.6 Å². The number of fused-ring (bicyclic) bond motifs is 1. The fourth-order valence-electron chi connectivity index (χ4n) is 1.63. The number of primary amides is 1. The Hall–Kier alpha value is -2.30. The molecule has 1 amide bonds. The Labute approximate surface area is 97.7 Å². The Morgan fingerprint density at radius 1 is 1.29 bits per heavy atom. The summed E-state index contributed by atoms with van der Waals surface area (Å²) in [6, 6.07) is 7.33. The number of para-hydroxylation sites is 1. The van der Waals surface area contributed by atoms with Gasteiger partial charge in [0.15, 0.2) is 5.92 Å². The third-order valence-electron chi connectivity index (χ3n) is 2.46. The third-order valence-corrected chi connectivity index (χ3v) is 2.46. The number of ketones is 1. The second kappa shape index (κ2) is 4.29. The predicted molar refractivity (Wildman–Crippen MR) is 62.2 cm³/mol. The fourth-order valence-corrected chi connectivity index (χ4v) is 1.63. The van der Waals surface area contributed by atoms with Crippen molar-refractivity contribution in [3.63, 3.8) is 0 Å². The maximum atomic E-state index is 11.3. The summed E-state index contributed by atoms with van der Waals surface area (Å²) in [5.74, 6) is -2.00. The summed E-state index contributed by atoms with van der Waals surface area (Å²) >= 11 is 0. The van der Waals surface area contributed by atoms with E-state index in [0.29, 0.717) is 5.52 Å². The number of amides is 1. The number of benzene rings is 1. The fraction of sp³-hybridized carbons (Fsp3) is 0.167. The molecule has 1 heterocycles. The molecule has 2 rings (SSSR count). The number of hydrogen-bond acceptors (Lipinski definition) is 4. The molecule has 0 aliphatic heterocycles. The van der Waals surface area contributed by atoms with Crippen molar-refractivity contribution in [1.29, 1.82) is 0 Å². The van der Waals surface area contributed by atoms with E-state index in [1.807, 2.05) is 18.2 Å². The first-order valence-corrected chi connectivity index (χ1v) is 5.11. The number of nitrogens with two attached hydrogens (primary N) is 1. The van der Waals surface area contributed by atoms with Crippen LogP contribution in [0.25, 0.3) is 10.9 Å². The average Bonchev–Trinajstić information content (AvgIpc) is 2.28. The molecule has 0 fully saturated rings. The monoisotopic (exact) mass is 229 g/mol. The van der Waals surface area contributed by atoms with Crippen LogP contribution in [-0.4, -0.2) is 21.7 Å². The van der Waals surface area contributed by atoms with Crippen molar-refractivity contribution in [3.8, 4) is 0 Å². The average molecular weight is 229 g/mol. The van der Waals surface area contributed by atoms with Crippen molar-refractivity contribution in [2.75, 3.05) is 0 Å². The summed E-state index contributed by atoms with van der Waals surface area (Å²) in [6.45, 7) is 1.30. The standard InChI is InChI=1S/C12H11N3O2/c1-7(16)10(11(13)17)12-14-6-8-4-2-3-5-9(8)15-12/h2-6,10H,1H3,(H2,13,17). The number of nitrogens with zero attached hydrogens (tertiary/aromatic N) is 2. The van der Waals surface area contributed by atoms with E-state index in [1.165, 1.54) is 6.92 Å². The van der Waals surface area contributed by atoms with Crippen LogP contribution in [0.4, 0.5) is 0 Å². The van der Waals surface area contributed by atoms with Gasteiger partial charge in [-0.25, -0.2) is 9.97 Å². The topological polar surface area (TPSA) is 85.9 Å². The summed E-state index contributed by atoms with van der Waals surface area (Å²) in [5, 5.41) is 0.850. The molecule has 2 aromatic rings. The highest BCUT2D eigenvalue weighted by atomic mass is 16.2. The van der Waals surface area contributed by atoms with Crippen LogP contribution in [0, 0.1) is 0 Å². The number of carbonyl (C=O) groups excluding carboxylic acids is 2. The molecular weight excluding hydrogens is 218 g/mol. The zero-order valence-electron chi connectivity index (χ0n) is 9.25. The van der Waals surface area contributed by atoms with Gasteiger partial charge in [0.25, 0.3) is 0 Å². The number of Topliss-reactive ketones (excluding diaryl/α,β-unsaturated/α-hetero) is 1. The molecule has 0 saturated carbocycles. The summed E-state index contributed by atoms with van der Waals surface area (Å²) in [5.41, 5.74) is 5.86. The van der Waals surface area contributed by atoms with Gasteiger partial charge in [0.05, 0.1) is 5.52 Å². The van der Waals surface area contributed by atoms with Gasteiger partial charge in [-0.3, -0.25) is 9.59 Å². The van der Waals surface area contributed by atoms with Gasteiger partial charge < -0.3 is 5.73 Å². The molecule has 0 saturated heterocycles. The first-order valence-electron chi connectivity index (χ1n) is 5.11. The minimum absolute atomic E-state index is 0.156. The van der Waals surface area contributed by atoms with E-state index in [9.17, 15) is 9.59 Å². The lowest BCUT2D eigenvalue weighted by molar-refractivity contribution is -0.127. The molecule has 0 aliphatic rings. The van der Waals surface area contributed by atoms with Crippen LogP contribution < -0.4 is 5.73 Å². The van der Waals surface area contributed by atoms with Gasteiger partial charge in [0, 0.05) is 11.6 Å². The van der Waals surface area contributed by atoms with Crippen molar-refractivity contribution in [2.45, 2.75) is 12.8 Å². The quantitative estimate of drug-likeness (QED) is 0.788. The molecule has 2 N–H and O–H groups in total. The maximum Gasteiger partial charge on any atom is 0.235 e. The minimum atomic E-state index is -1.07. The first kappa shape index (κ1) is 11.2. The van der Waals surface area contributed by atoms with Gasteiger partial charge in [0.1, 0.15) is 11.6 Å². The van der Waals surface area contributed by atoms with E-state index in [0.717, 1.165) is 5.39 Å². The summed E-state index contributed by atoms with van der Waals surface area (Å²) < 4.78 is 0. The van der Waals surface area contributed by atoms with E-state index >= 15 is 0 Å². The minimum Gasteiger partial charge on any atom is -0.369 e. The summed E-state index contributed by atoms with van der Waals surface area (Å²) in [7, 11) is 0. The summed E-state index contributed by atoms with van der Waals surface area (Å²) in [6.07, 6.45) is 1.58. The molecule has 17 heavy (non-hydrogen) atoms. The first-order chi connectivity index (χ1) is 8.09. The second-order valence-corrected chi connectivity index (χ2v) is 3.73. The normalized spacial score (nSPS) is 12.3. The summed E-state index contributed by atoms with van der Waals surface area (Å²) in [4.78, 5) is 30.7. The molecule has 0 aliphatic carbocycles. The van der Waals surface area contributed by atoms with Gasteiger partial charge in [0.2, 0.25) is 5.91 Å². The van der Waals surface area contributed by atoms with Crippen molar-refractivity contribution in [1.82, 2.24) is 9.97 Å². The second-order valence-electron chi connectivity index (χ2n) is 3.73. The molecule has 5 heteroatoms. The number of carbonyl (C=O) groups is 2. The van der Waals surface area contributed by atoms with Gasteiger partial charge >= 0.3 is 0 Å². The van der Waals surface area contributed by atoms with Crippen LogP contribution in [-0.2, 0) is 9.59 Å². The highest BCUT2D eigenvalue weighted by Gasteiger charge is 2.25. The Morgan fingerprint density at radius 3 is 2.65 bits per heavy atom. The van der Waals surface area contributed by atoms with Gasteiger partial charge in [-0.2, -0.15) is 0 Å². The van der Waals surface area contributed by atoms with E-state index in [1.54, 1.807) is 12.3 Å². The SMILES string of the molecule is CC(=O)C(C(N)=O)c1ncc2ccccc2n1. The third kappa shape index (κ3) is 2.13. The lowest BCUT2D eigenvalue weighted by Gasteiger charge is -2.08. The molecule has 1 atom stereocenters. The van der Waals surface area contributed by atoms with Crippen LogP contribution >= 0.6 is 0 Å². The number of rotatable bonds is 3. The molecule has 86 valence electrons. The van der Waals surface area contributed by atoms with E-state index < -0.39 is 11.8 Å². The zero-order chi connectivity index (χ0) is 12.4. The molecular formula is C12H11N3O2. The van der Waals surface area contributed by atoms with E-state index in [2.05, 4.69) is 9.97 Å². The van der Waals surface area contributed by atoms with Crippen LogP contribution in [0.3, 0.4) is 0 Å². The van der Waals surface area contributed by atoms with Crippen LogP contribution in [0.1, 0.15) is 18.7 Å².